The number of thiophene rings is 1. The smallest absolute Gasteiger partial charge is 0.276 e. The van der Waals surface area contributed by atoms with Crippen molar-refractivity contribution in [3.63, 3.8) is 0 Å². The number of carbonyl (C=O) groups excluding carboxylic acids is 1. The fourth-order valence-corrected chi connectivity index (χ4v) is 3.40. The summed E-state index contributed by atoms with van der Waals surface area (Å²) in [6.07, 6.45) is 3.74. The first kappa shape index (κ1) is 12.3. The molecule has 0 aromatic carbocycles. The first-order valence-electron chi connectivity index (χ1n) is 6.43. The normalized spacial score (nSPS) is 16.8. The van der Waals surface area contributed by atoms with Crippen molar-refractivity contribution in [2.75, 3.05) is 13.1 Å². The van der Waals surface area contributed by atoms with Crippen molar-refractivity contribution in [1.82, 2.24) is 19.9 Å². The van der Waals surface area contributed by atoms with E-state index in [1.54, 1.807) is 17.9 Å². The molecule has 2 aromatic rings. The molecule has 2 aromatic heterocycles. The first-order valence-corrected chi connectivity index (χ1v) is 7.31. The van der Waals surface area contributed by atoms with Crippen LogP contribution in [-0.4, -0.2) is 38.9 Å². The number of piperidine rings is 1. The Morgan fingerprint density at radius 1 is 1.42 bits per heavy atom. The lowest BCUT2D eigenvalue weighted by Gasteiger charge is -2.31. The first-order chi connectivity index (χ1) is 9.24. The Morgan fingerprint density at radius 2 is 2.21 bits per heavy atom. The number of hydrogen-bond acceptors (Lipinski definition) is 4. The highest BCUT2D eigenvalue weighted by molar-refractivity contribution is 7.10. The second-order valence-corrected chi connectivity index (χ2v) is 5.84. The van der Waals surface area contributed by atoms with Gasteiger partial charge in [-0.2, -0.15) is 0 Å². The van der Waals surface area contributed by atoms with E-state index in [1.165, 1.54) is 4.88 Å². The molecule has 1 fully saturated rings. The molecule has 0 saturated carbocycles. The van der Waals surface area contributed by atoms with E-state index in [9.17, 15) is 4.79 Å². The summed E-state index contributed by atoms with van der Waals surface area (Å²) in [4.78, 5) is 15.5. The Balaban J connectivity index is 1.62. The molecule has 0 N–H and O–H groups in total. The van der Waals surface area contributed by atoms with Crippen LogP contribution in [0.1, 0.15) is 34.1 Å². The van der Waals surface area contributed by atoms with Crippen LogP contribution in [-0.2, 0) is 7.05 Å². The fourth-order valence-electron chi connectivity index (χ4n) is 2.50. The summed E-state index contributed by atoms with van der Waals surface area (Å²) in [5.41, 5.74) is 0.442. The highest BCUT2D eigenvalue weighted by Crippen LogP contribution is 2.31. The molecular weight excluding hydrogens is 260 g/mol. The molecule has 0 radical (unpaired) electrons. The zero-order valence-electron chi connectivity index (χ0n) is 10.8. The largest absolute Gasteiger partial charge is 0.337 e. The van der Waals surface area contributed by atoms with Gasteiger partial charge in [0, 0.05) is 25.0 Å². The van der Waals surface area contributed by atoms with E-state index >= 15 is 0 Å². The zero-order chi connectivity index (χ0) is 13.2. The summed E-state index contributed by atoms with van der Waals surface area (Å²) in [5.74, 6) is 0.601. The molecule has 100 valence electrons. The molecule has 3 rings (SSSR count). The third-order valence-corrected chi connectivity index (χ3v) is 4.58. The summed E-state index contributed by atoms with van der Waals surface area (Å²) >= 11 is 1.81. The van der Waals surface area contributed by atoms with Gasteiger partial charge in [0.25, 0.3) is 5.91 Å². The van der Waals surface area contributed by atoms with Crippen molar-refractivity contribution in [2.24, 2.45) is 7.05 Å². The van der Waals surface area contributed by atoms with E-state index in [4.69, 9.17) is 0 Å². The minimum atomic E-state index is -0.00210. The Labute approximate surface area is 115 Å². The summed E-state index contributed by atoms with van der Waals surface area (Å²) in [6, 6.07) is 4.28. The van der Waals surface area contributed by atoms with Crippen molar-refractivity contribution in [1.29, 1.82) is 0 Å². The molecule has 5 nitrogen and oxygen atoms in total. The molecule has 1 aliphatic rings. The number of amides is 1. The standard InChI is InChI=1S/C13H16N4OS/c1-16-9-11(14-15-16)13(18)17-6-4-10(5-7-17)12-3-2-8-19-12/h2-3,8-10H,4-7H2,1H3. The van der Waals surface area contributed by atoms with Gasteiger partial charge in [0.05, 0.1) is 6.20 Å². The number of carbonyl (C=O) groups is 1. The van der Waals surface area contributed by atoms with E-state index < -0.39 is 0 Å². The number of likely N-dealkylation sites (tertiary alicyclic amines) is 1. The topological polar surface area (TPSA) is 51.0 Å². The molecule has 0 unspecified atom stereocenters. The Hall–Kier alpha value is -1.69. The van der Waals surface area contributed by atoms with Crippen LogP contribution >= 0.6 is 11.3 Å². The molecule has 3 heterocycles. The van der Waals surface area contributed by atoms with Crippen LogP contribution in [0.2, 0.25) is 0 Å². The molecule has 0 spiro atoms. The monoisotopic (exact) mass is 276 g/mol. The van der Waals surface area contributed by atoms with Crippen molar-refractivity contribution in [2.45, 2.75) is 18.8 Å². The molecular formula is C13H16N4OS. The number of hydrogen-bond donors (Lipinski definition) is 0. The maximum atomic E-state index is 12.2. The van der Waals surface area contributed by atoms with E-state index in [0.717, 1.165) is 25.9 Å². The second-order valence-electron chi connectivity index (χ2n) is 4.86. The van der Waals surface area contributed by atoms with Crippen molar-refractivity contribution >= 4 is 17.2 Å². The van der Waals surface area contributed by atoms with Gasteiger partial charge in [-0.25, -0.2) is 0 Å². The Morgan fingerprint density at radius 3 is 2.79 bits per heavy atom. The van der Waals surface area contributed by atoms with Gasteiger partial charge in [-0.05, 0) is 30.2 Å². The summed E-state index contributed by atoms with van der Waals surface area (Å²) in [7, 11) is 1.77. The van der Waals surface area contributed by atoms with Crippen molar-refractivity contribution in [3.8, 4) is 0 Å². The van der Waals surface area contributed by atoms with Gasteiger partial charge in [0.15, 0.2) is 5.69 Å². The van der Waals surface area contributed by atoms with Crippen LogP contribution < -0.4 is 0 Å². The predicted octanol–water partition coefficient (Wildman–Crippen LogP) is 1.90. The van der Waals surface area contributed by atoms with E-state index in [-0.39, 0.29) is 5.91 Å². The minimum absolute atomic E-state index is 0.00210. The van der Waals surface area contributed by atoms with Crippen LogP contribution in [0, 0.1) is 0 Å². The number of nitrogens with zero attached hydrogens (tertiary/aromatic N) is 4. The van der Waals surface area contributed by atoms with E-state index in [1.807, 2.05) is 16.2 Å². The van der Waals surface area contributed by atoms with Gasteiger partial charge < -0.3 is 4.90 Å². The van der Waals surface area contributed by atoms with E-state index in [2.05, 4.69) is 27.8 Å². The van der Waals surface area contributed by atoms with Gasteiger partial charge in [0.1, 0.15) is 0 Å². The highest BCUT2D eigenvalue weighted by atomic mass is 32.1. The van der Waals surface area contributed by atoms with Crippen LogP contribution in [0.3, 0.4) is 0 Å². The fraction of sp³-hybridized carbons (Fsp3) is 0.462. The average molecular weight is 276 g/mol. The van der Waals surface area contributed by atoms with Crippen LogP contribution in [0.4, 0.5) is 0 Å². The van der Waals surface area contributed by atoms with Gasteiger partial charge in [-0.1, -0.05) is 11.3 Å². The van der Waals surface area contributed by atoms with Gasteiger partial charge >= 0.3 is 0 Å². The lowest BCUT2D eigenvalue weighted by molar-refractivity contribution is 0.0707. The van der Waals surface area contributed by atoms with Gasteiger partial charge in [0.2, 0.25) is 0 Å². The molecule has 19 heavy (non-hydrogen) atoms. The SMILES string of the molecule is Cn1cc(C(=O)N2CCC(c3cccs3)CC2)nn1. The molecule has 6 heteroatoms. The third-order valence-electron chi connectivity index (χ3n) is 3.55. The summed E-state index contributed by atoms with van der Waals surface area (Å²) in [5, 5.41) is 9.81. The zero-order valence-corrected chi connectivity index (χ0v) is 11.6. The lowest BCUT2D eigenvalue weighted by atomic mass is 9.95. The van der Waals surface area contributed by atoms with E-state index in [0.29, 0.717) is 11.6 Å². The number of rotatable bonds is 2. The lowest BCUT2D eigenvalue weighted by Crippen LogP contribution is -2.38. The Kier molecular flexibility index (Phi) is 3.33. The Bertz CT molecular complexity index is 555. The second kappa shape index (κ2) is 5.13. The predicted molar refractivity (Wildman–Crippen MR) is 73.2 cm³/mol. The van der Waals surface area contributed by atoms with Crippen LogP contribution in [0.5, 0.6) is 0 Å². The van der Waals surface area contributed by atoms with Crippen LogP contribution in [0.15, 0.2) is 23.7 Å². The van der Waals surface area contributed by atoms with Crippen molar-refractivity contribution in [3.05, 3.63) is 34.3 Å². The molecule has 0 atom stereocenters. The molecule has 1 aliphatic heterocycles. The van der Waals surface area contributed by atoms with Crippen molar-refractivity contribution < 1.29 is 4.79 Å². The molecule has 0 bridgehead atoms. The quantitative estimate of drug-likeness (QED) is 0.841. The average Bonchev–Trinajstić information content (AvgIpc) is 3.09. The summed E-state index contributed by atoms with van der Waals surface area (Å²) < 4.78 is 1.56. The maximum Gasteiger partial charge on any atom is 0.276 e. The molecule has 0 aliphatic carbocycles. The number of aromatic nitrogens is 3. The van der Waals surface area contributed by atoms with Gasteiger partial charge in [-0.3, -0.25) is 9.48 Å². The molecule has 1 amide bonds. The summed E-state index contributed by atoms with van der Waals surface area (Å²) in [6.45, 7) is 1.61. The third kappa shape index (κ3) is 2.53. The highest BCUT2D eigenvalue weighted by Gasteiger charge is 2.26. The van der Waals surface area contributed by atoms with Crippen LogP contribution in [0.25, 0.3) is 0 Å². The van der Waals surface area contributed by atoms with Gasteiger partial charge in [-0.15, -0.1) is 16.4 Å². The minimum Gasteiger partial charge on any atom is -0.337 e. The molecule has 1 saturated heterocycles. The number of aryl methyl sites for hydroxylation is 1. The maximum absolute atomic E-state index is 12.2.